The number of benzene rings is 3. The summed E-state index contributed by atoms with van der Waals surface area (Å²) in [5.74, 6) is -1.44. The maximum Gasteiger partial charge on any atom is 0.336 e. The second-order valence-corrected chi connectivity index (χ2v) is 13.7. The zero-order valence-corrected chi connectivity index (χ0v) is 24.8. The fourth-order valence-electron chi connectivity index (χ4n) is 5.91. The Kier molecular flexibility index (Phi) is 9.33. The van der Waals surface area contributed by atoms with Crippen molar-refractivity contribution >= 4 is 16.0 Å². The summed E-state index contributed by atoms with van der Waals surface area (Å²) in [5.41, 5.74) is 3.56. The van der Waals surface area contributed by atoms with Gasteiger partial charge in [-0.15, -0.1) is 0 Å². The molecule has 0 saturated carbocycles. The number of aliphatic hydroxyl groups is 1. The Labute approximate surface area is 242 Å². The van der Waals surface area contributed by atoms with E-state index in [1.54, 1.807) is 19.1 Å². The van der Waals surface area contributed by atoms with Gasteiger partial charge < -0.3 is 15.5 Å². The lowest BCUT2D eigenvalue weighted by atomic mass is 9.88. The van der Waals surface area contributed by atoms with Crippen LogP contribution in [0.2, 0.25) is 0 Å². The molecule has 0 fully saturated rings. The van der Waals surface area contributed by atoms with Crippen LogP contribution in [0.15, 0.2) is 65.6 Å². The Balaban J connectivity index is 1.41. The van der Waals surface area contributed by atoms with Crippen LogP contribution in [0.5, 0.6) is 0 Å². The van der Waals surface area contributed by atoms with Crippen LogP contribution in [-0.4, -0.2) is 60.7 Å². The van der Waals surface area contributed by atoms with Gasteiger partial charge in [0.25, 0.3) is 0 Å². The van der Waals surface area contributed by atoms with Gasteiger partial charge in [0, 0.05) is 25.7 Å². The number of halogens is 1. The van der Waals surface area contributed by atoms with Gasteiger partial charge in [0.2, 0.25) is 10.0 Å². The largest absolute Gasteiger partial charge is 0.478 e. The lowest BCUT2D eigenvalue weighted by molar-refractivity contribution is 0.0695. The molecule has 3 aromatic carbocycles. The van der Waals surface area contributed by atoms with E-state index in [1.807, 2.05) is 0 Å². The minimum atomic E-state index is -3.99. The molecule has 0 heterocycles. The highest BCUT2D eigenvalue weighted by atomic mass is 32.2. The zero-order valence-electron chi connectivity index (χ0n) is 24.0. The number of aliphatic hydroxyl groups excluding tert-OH is 1. The third kappa shape index (κ3) is 7.22. The van der Waals surface area contributed by atoms with E-state index in [4.69, 9.17) is 0 Å². The van der Waals surface area contributed by atoms with Crippen LogP contribution in [0, 0.1) is 11.7 Å². The Morgan fingerprint density at radius 1 is 1.10 bits per heavy atom. The molecule has 0 aliphatic heterocycles. The second kappa shape index (κ2) is 12.4. The number of hydrogen-bond donors (Lipinski definition) is 3. The number of β-amino-alcohol motifs (C(OH)–C–C–N with tert-alkyl or cyclic N) is 1. The van der Waals surface area contributed by atoms with Gasteiger partial charge in [-0.3, -0.25) is 0 Å². The molecule has 9 heteroatoms. The summed E-state index contributed by atoms with van der Waals surface area (Å²) in [7, 11) is -2.58. The fraction of sp³-hybridized carbons (Fsp3) is 0.406. The Morgan fingerprint density at radius 2 is 1.76 bits per heavy atom. The SMILES string of the molecule is CCc1c(C(=O)O)cc(F)cc1-c1cccc(S(=O)(=O)N(C)CC(O)CNC(C)(C)CC2Cc3ccccc3C2)c1. The number of likely N-dealkylation sites (N-methyl/N-ethyl adjacent to an activating group) is 1. The predicted molar refractivity (Wildman–Crippen MR) is 158 cm³/mol. The first-order chi connectivity index (χ1) is 19.3. The van der Waals surface area contributed by atoms with E-state index in [0.717, 1.165) is 29.6 Å². The number of carboxylic acids is 1. The highest BCUT2D eigenvalue weighted by molar-refractivity contribution is 7.89. The number of fused-ring (bicyclic) bond motifs is 1. The Bertz CT molecular complexity index is 1500. The molecule has 1 aliphatic carbocycles. The molecule has 1 aliphatic rings. The average Bonchev–Trinajstić information content (AvgIpc) is 3.33. The van der Waals surface area contributed by atoms with Crippen LogP contribution in [0.3, 0.4) is 0 Å². The molecule has 0 radical (unpaired) electrons. The number of rotatable bonds is 12. The van der Waals surface area contributed by atoms with Gasteiger partial charge in [0.1, 0.15) is 5.82 Å². The smallest absolute Gasteiger partial charge is 0.336 e. The lowest BCUT2D eigenvalue weighted by Crippen LogP contribution is -2.47. The van der Waals surface area contributed by atoms with Gasteiger partial charge in [-0.25, -0.2) is 17.6 Å². The summed E-state index contributed by atoms with van der Waals surface area (Å²) in [6.45, 7) is 6.07. The van der Waals surface area contributed by atoms with E-state index >= 15 is 0 Å². The number of carboxylic acid groups (broad SMARTS) is 1. The Hall–Kier alpha value is -3.11. The normalized spacial score (nSPS) is 14.8. The number of carbonyl (C=O) groups is 1. The molecule has 1 atom stereocenters. The van der Waals surface area contributed by atoms with Crippen molar-refractivity contribution in [3.63, 3.8) is 0 Å². The maximum atomic E-state index is 14.3. The molecule has 4 rings (SSSR count). The van der Waals surface area contributed by atoms with E-state index < -0.39 is 27.9 Å². The predicted octanol–water partition coefficient (Wildman–Crippen LogP) is 4.91. The molecular weight excluding hydrogens is 543 g/mol. The standard InChI is InChI=1S/C32H39FN2O5S/c1-5-28-29(16-25(33)17-30(28)31(37)38)24-11-8-12-27(15-24)41(39,40)35(4)20-26(36)19-34-32(2,3)18-21-13-22-9-6-7-10-23(22)14-21/h6-12,15-17,21,26,34,36H,5,13-14,18-20H2,1-4H3,(H,37,38). The molecule has 7 nitrogen and oxygen atoms in total. The maximum absolute atomic E-state index is 14.3. The highest BCUT2D eigenvalue weighted by Crippen LogP contribution is 2.33. The number of aromatic carboxylic acids is 1. The molecule has 1 unspecified atom stereocenters. The highest BCUT2D eigenvalue weighted by Gasteiger charge is 2.29. The summed E-state index contributed by atoms with van der Waals surface area (Å²) in [6.07, 6.45) is 2.40. The summed E-state index contributed by atoms with van der Waals surface area (Å²) in [5, 5.41) is 23.7. The molecule has 0 aromatic heterocycles. The fourth-order valence-corrected chi connectivity index (χ4v) is 7.17. The molecule has 0 bridgehead atoms. The van der Waals surface area contributed by atoms with Gasteiger partial charge in [-0.1, -0.05) is 43.3 Å². The van der Waals surface area contributed by atoms with Crippen LogP contribution >= 0.6 is 0 Å². The molecular formula is C32H39FN2O5S. The first kappa shape index (κ1) is 30.8. The quantitative estimate of drug-likeness (QED) is 0.280. The van der Waals surface area contributed by atoms with Gasteiger partial charge >= 0.3 is 5.97 Å². The van der Waals surface area contributed by atoms with Gasteiger partial charge in [-0.05, 0) is 97.5 Å². The monoisotopic (exact) mass is 582 g/mol. The minimum absolute atomic E-state index is 0.0259. The topological polar surface area (TPSA) is 107 Å². The number of sulfonamides is 1. The molecule has 3 aromatic rings. The van der Waals surface area contributed by atoms with Gasteiger partial charge in [-0.2, -0.15) is 4.31 Å². The van der Waals surface area contributed by atoms with E-state index in [0.29, 0.717) is 29.0 Å². The van der Waals surface area contributed by atoms with Gasteiger partial charge in [0.15, 0.2) is 0 Å². The molecule has 0 amide bonds. The zero-order chi connectivity index (χ0) is 29.9. The average molecular weight is 583 g/mol. The molecule has 41 heavy (non-hydrogen) atoms. The van der Waals surface area contributed by atoms with Crippen molar-refractivity contribution in [3.8, 4) is 11.1 Å². The van der Waals surface area contributed by atoms with Crippen LogP contribution in [0.1, 0.15) is 54.2 Å². The van der Waals surface area contributed by atoms with Crippen molar-refractivity contribution in [3.05, 3.63) is 88.7 Å². The number of nitrogens with zero attached hydrogens (tertiary/aromatic N) is 1. The van der Waals surface area contributed by atoms with Crippen molar-refractivity contribution in [1.29, 1.82) is 0 Å². The van der Waals surface area contributed by atoms with E-state index in [-0.39, 0.29) is 29.1 Å². The summed E-state index contributed by atoms with van der Waals surface area (Å²) in [4.78, 5) is 11.7. The van der Waals surface area contributed by atoms with Crippen molar-refractivity contribution in [2.75, 3.05) is 20.1 Å². The van der Waals surface area contributed by atoms with E-state index in [2.05, 4.69) is 43.4 Å². The molecule has 0 spiro atoms. The van der Waals surface area contributed by atoms with Crippen molar-refractivity contribution < 1.29 is 27.8 Å². The summed E-state index contributed by atoms with van der Waals surface area (Å²) < 4.78 is 42.2. The van der Waals surface area contributed by atoms with E-state index in [1.165, 1.54) is 36.4 Å². The summed E-state index contributed by atoms with van der Waals surface area (Å²) >= 11 is 0. The minimum Gasteiger partial charge on any atom is -0.478 e. The second-order valence-electron chi connectivity index (χ2n) is 11.6. The first-order valence-corrected chi connectivity index (χ1v) is 15.4. The molecule has 0 saturated heterocycles. The third-order valence-electron chi connectivity index (χ3n) is 7.87. The third-order valence-corrected chi connectivity index (χ3v) is 9.69. The van der Waals surface area contributed by atoms with Crippen molar-refractivity contribution in [2.24, 2.45) is 5.92 Å². The van der Waals surface area contributed by atoms with Gasteiger partial charge in [0.05, 0.1) is 16.6 Å². The van der Waals surface area contributed by atoms with Crippen molar-refractivity contribution in [1.82, 2.24) is 9.62 Å². The first-order valence-electron chi connectivity index (χ1n) is 13.9. The Morgan fingerprint density at radius 3 is 2.37 bits per heavy atom. The summed E-state index contributed by atoms with van der Waals surface area (Å²) in [6, 6.07) is 16.7. The van der Waals surface area contributed by atoms with E-state index in [9.17, 15) is 27.8 Å². The number of hydrogen-bond acceptors (Lipinski definition) is 5. The number of nitrogens with one attached hydrogen (secondary N) is 1. The molecule has 3 N–H and O–H groups in total. The van der Waals surface area contributed by atoms with Crippen LogP contribution in [0.4, 0.5) is 4.39 Å². The lowest BCUT2D eigenvalue weighted by Gasteiger charge is -2.31. The molecule has 220 valence electrons. The van der Waals surface area contributed by atoms with Crippen LogP contribution < -0.4 is 5.32 Å². The van der Waals surface area contributed by atoms with Crippen LogP contribution in [-0.2, 0) is 29.3 Å². The van der Waals surface area contributed by atoms with Crippen LogP contribution in [0.25, 0.3) is 11.1 Å². The van der Waals surface area contributed by atoms with Crippen molar-refractivity contribution in [2.45, 2.75) is 63.0 Å².